The summed E-state index contributed by atoms with van der Waals surface area (Å²) < 4.78 is 6.21. The van der Waals surface area contributed by atoms with Gasteiger partial charge in [0, 0.05) is 23.2 Å². The van der Waals surface area contributed by atoms with Crippen LogP contribution in [-0.4, -0.2) is 47.5 Å². The molecule has 202 valence electrons. The summed E-state index contributed by atoms with van der Waals surface area (Å²) in [5, 5.41) is 5.05. The third-order valence-electron chi connectivity index (χ3n) is 7.36. The second-order valence-corrected chi connectivity index (χ2v) is 11.4. The molecule has 0 spiro atoms. The predicted molar refractivity (Wildman–Crippen MR) is 155 cm³/mol. The number of aryl methyl sites for hydroxylation is 1. The van der Waals surface area contributed by atoms with Gasteiger partial charge in [-0.05, 0) is 79.4 Å². The lowest BCUT2D eigenvalue weighted by Crippen LogP contribution is -2.50. The van der Waals surface area contributed by atoms with Gasteiger partial charge in [0.1, 0.15) is 18.9 Å². The molecule has 6 nitrogen and oxygen atoms in total. The molecule has 3 aromatic rings. The molecule has 2 aromatic carbocycles. The summed E-state index contributed by atoms with van der Waals surface area (Å²) in [4.78, 5) is 31.9. The smallest absolute Gasteiger partial charge is 0.322 e. The lowest BCUT2D eigenvalue weighted by Gasteiger charge is -2.38. The predicted octanol–water partition coefficient (Wildman–Crippen LogP) is 7.02. The van der Waals surface area contributed by atoms with Crippen LogP contribution in [0.15, 0.2) is 60.0 Å². The third kappa shape index (κ3) is 6.57. The van der Waals surface area contributed by atoms with Crippen LogP contribution >= 0.6 is 11.3 Å². The van der Waals surface area contributed by atoms with Crippen LogP contribution in [0.25, 0.3) is 0 Å². The normalized spacial score (nSPS) is 15.6. The van der Waals surface area contributed by atoms with Gasteiger partial charge < -0.3 is 19.9 Å². The number of nitrogens with zero attached hydrogens (tertiary/aromatic N) is 2. The average molecular weight is 534 g/mol. The molecule has 0 saturated heterocycles. The topological polar surface area (TPSA) is 61.9 Å². The van der Waals surface area contributed by atoms with Crippen molar-refractivity contribution in [3.05, 3.63) is 81.5 Å². The number of ether oxygens (including phenoxy) is 1. The van der Waals surface area contributed by atoms with E-state index in [0.717, 1.165) is 35.4 Å². The van der Waals surface area contributed by atoms with Crippen molar-refractivity contribution in [2.24, 2.45) is 0 Å². The van der Waals surface area contributed by atoms with Gasteiger partial charge in [-0.1, -0.05) is 50.6 Å². The standard InChI is InChI=1S/C31H39N3O3S/c1-6-23(5)34(31(36)32-25-11-7-22(4)8-12-25)19-30(35)33-17-15-29-27(16-18-38-29)28(33)20-37-26-13-9-24(10-14-26)21(2)3/h7-14,16,18,21,23,28H,6,15,17,19-20H2,1-5H3,(H,32,36)/t23-,28-/m1/s1. The van der Waals surface area contributed by atoms with Crippen LogP contribution < -0.4 is 10.1 Å². The number of carbonyl (C=O) groups excluding carboxylic acids is 2. The Bertz CT molecular complexity index is 1220. The molecule has 1 N–H and O–H groups in total. The van der Waals surface area contributed by atoms with Gasteiger partial charge in [0.15, 0.2) is 0 Å². The van der Waals surface area contributed by atoms with Gasteiger partial charge in [-0.3, -0.25) is 4.79 Å². The van der Waals surface area contributed by atoms with E-state index in [9.17, 15) is 9.59 Å². The lowest BCUT2D eigenvalue weighted by molar-refractivity contribution is -0.135. The Morgan fingerprint density at radius 3 is 2.45 bits per heavy atom. The molecular formula is C31H39N3O3S. The zero-order valence-corrected chi connectivity index (χ0v) is 23.9. The van der Waals surface area contributed by atoms with E-state index in [-0.39, 0.29) is 30.6 Å². The monoisotopic (exact) mass is 533 g/mol. The van der Waals surface area contributed by atoms with Crippen molar-refractivity contribution in [2.75, 3.05) is 25.0 Å². The number of anilines is 1. The summed E-state index contributed by atoms with van der Waals surface area (Å²) in [6.07, 6.45) is 1.57. The van der Waals surface area contributed by atoms with Crippen LogP contribution in [0.3, 0.4) is 0 Å². The van der Waals surface area contributed by atoms with E-state index < -0.39 is 0 Å². The number of hydrogen-bond acceptors (Lipinski definition) is 4. The molecule has 0 radical (unpaired) electrons. The highest BCUT2D eigenvalue weighted by atomic mass is 32.1. The zero-order chi connectivity index (χ0) is 27.2. The van der Waals surface area contributed by atoms with Crippen LogP contribution in [0.1, 0.15) is 67.6 Å². The van der Waals surface area contributed by atoms with Crippen LogP contribution in [0, 0.1) is 6.92 Å². The van der Waals surface area contributed by atoms with Crippen molar-refractivity contribution in [2.45, 2.75) is 65.5 Å². The second kappa shape index (κ2) is 12.5. The number of thiophene rings is 1. The number of fused-ring (bicyclic) bond motifs is 1. The summed E-state index contributed by atoms with van der Waals surface area (Å²) in [5.41, 5.74) is 4.25. The van der Waals surface area contributed by atoms with E-state index in [2.05, 4.69) is 42.7 Å². The molecule has 0 unspecified atom stereocenters. The Hall–Kier alpha value is -3.32. The van der Waals surface area contributed by atoms with E-state index in [1.54, 1.807) is 16.2 Å². The largest absolute Gasteiger partial charge is 0.491 e. The first-order valence-electron chi connectivity index (χ1n) is 13.5. The van der Waals surface area contributed by atoms with Crippen molar-refractivity contribution in [3.63, 3.8) is 0 Å². The Labute approximate surface area is 230 Å². The summed E-state index contributed by atoms with van der Waals surface area (Å²) in [6, 6.07) is 17.4. The summed E-state index contributed by atoms with van der Waals surface area (Å²) in [7, 11) is 0. The van der Waals surface area contributed by atoms with Crippen LogP contribution in [0.4, 0.5) is 10.5 Å². The molecule has 2 heterocycles. The van der Waals surface area contributed by atoms with Crippen molar-refractivity contribution in [1.29, 1.82) is 0 Å². The molecule has 0 saturated carbocycles. The van der Waals surface area contributed by atoms with Crippen molar-refractivity contribution < 1.29 is 14.3 Å². The minimum Gasteiger partial charge on any atom is -0.491 e. The van der Waals surface area contributed by atoms with E-state index in [1.165, 1.54) is 10.4 Å². The number of benzene rings is 2. The minimum atomic E-state index is -0.261. The number of amides is 3. The Morgan fingerprint density at radius 2 is 1.79 bits per heavy atom. The van der Waals surface area contributed by atoms with Gasteiger partial charge >= 0.3 is 6.03 Å². The van der Waals surface area contributed by atoms with Crippen molar-refractivity contribution in [1.82, 2.24) is 9.80 Å². The van der Waals surface area contributed by atoms with Crippen LogP contribution in [0.5, 0.6) is 5.75 Å². The number of hydrogen-bond donors (Lipinski definition) is 1. The van der Waals surface area contributed by atoms with Gasteiger partial charge in [-0.25, -0.2) is 4.79 Å². The number of rotatable bonds is 9. The molecule has 7 heteroatoms. The molecule has 1 aliphatic rings. The first-order chi connectivity index (χ1) is 18.3. The highest BCUT2D eigenvalue weighted by Gasteiger charge is 2.34. The molecule has 0 aliphatic carbocycles. The molecule has 1 aliphatic heterocycles. The minimum absolute atomic E-state index is 0.0196. The first kappa shape index (κ1) is 27.7. The molecule has 1 aromatic heterocycles. The Balaban J connectivity index is 1.49. The van der Waals surface area contributed by atoms with E-state index in [1.807, 2.05) is 62.1 Å². The maximum absolute atomic E-state index is 13.8. The fourth-order valence-corrected chi connectivity index (χ4v) is 5.64. The SMILES string of the molecule is CC[C@@H](C)N(CC(=O)N1CCc2sccc2[C@H]1COc1ccc(C(C)C)cc1)C(=O)Nc1ccc(C)cc1. The molecule has 0 fully saturated rings. The van der Waals surface area contributed by atoms with Gasteiger partial charge in [-0.2, -0.15) is 0 Å². The third-order valence-corrected chi connectivity index (χ3v) is 8.36. The maximum Gasteiger partial charge on any atom is 0.322 e. The second-order valence-electron chi connectivity index (χ2n) is 10.4. The van der Waals surface area contributed by atoms with Crippen molar-refractivity contribution in [3.8, 4) is 5.75 Å². The summed E-state index contributed by atoms with van der Waals surface area (Å²) in [6.45, 7) is 11.4. The van der Waals surface area contributed by atoms with Crippen LogP contribution in [-0.2, 0) is 11.2 Å². The molecule has 3 amide bonds. The Kier molecular flexibility index (Phi) is 9.10. The van der Waals surface area contributed by atoms with Gasteiger partial charge in [-0.15, -0.1) is 11.3 Å². The molecule has 38 heavy (non-hydrogen) atoms. The van der Waals surface area contributed by atoms with E-state index in [0.29, 0.717) is 19.1 Å². The fraction of sp³-hybridized carbons (Fsp3) is 0.419. The average Bonchev–Trinajstić information content (AvgIpc) is 3.40. The molecule has 0 bridgehead atoms. The van der Waals surface area contributed by atoms with E-state index >= 15 is 0 Å². The van der Waals surface area contributed by atoms with Crippen molar-refractivity contribution >= 4 is 29.0 Å². The number of nitrogens with one attached hydrogen (secondary N) is 1. The number of urea groups is 1. The van der Waals surface area contributed by atoms with E-state index in [4.69, 9.17) is 4.74 Å². The quantitative estimate of drug-likeness (QED) is 0.322. The highest BCUT2D eigenvalue weighted by molar-refractivity contribution is 7.10. The molecular weight excluding hydrogens is 494 g/mol. The Morgan fingerprint density at radius 1 is 1.08 bits per heavy atom. The van der Waals surface area contributed by atoms with Gasteiger partial charge in [0.05, 0.1) is 6.04 Å². The number of carbonyl (C=O) groups is 2. The molecule has 4 rings (SSSR count). The zero-order valence-electron chi connectivity index (χ0n) is 23.1. The highest BCUT2D eigenvalue weighted by Crippen LogP contribution is 2.34. The summed E-state index contributed by atoms with van der Waals surface area (Å²) >= 11 is 1.73. The maximum atomic E-state index is 13.8. The molecule has 2 atom stereocenters. The van der Waals surface area contributed by atoms with Gasteiger partial charge in [0.2, 0.25) is 5.91 Å². The first-order valence-corrected chi connectivity index (χ1v) is 14.4. The van der Waals surface area contributed by atoms with Crippen LogP contribution in [0.2, 0.25) is 0 Å². The summed E-state index contributed by atoms with van der Waals surface area (Å²) in [5.74, 6) is 1.19. The fourth-order valence-electron chi connectivity index (χ4n) is 4.72. The lowest BCUT2D eigenvalue weighted by atomic mass is 10.00. The van der Waals surface area contributed by atoms with Gasteiger partial charge in [0.25, 0.3) is 0 Å².